The van der Waals surface area contributed by atoms with Gasteiger partial charge in [0.25, 0.3) is 0 Å². The van der Waals surface area contributed by atoms with E-state index in [9.17, 15) is 10.2 Å². The van der Waals surface area contributed by atoms with Gasteiger partial charge in [0, 0.05) is 13.2 Å². The van der Waals surface area contributed by atoms with Crippen LogP contribution in [0.3, 0.4) is 0 Å². The summed E-state index contributed by atoms with van der Waals surface area (Å²) in [7, 11) is 0. The van der Waals surface area contributed by atoms with Crippen molar-refractivity contribution in [3.05, 3.63) is 97.0 Å². The first-order valence-corrected chi connectivity index (χ1v) is 6.68. The zero-order valence-corrected chi connectivity index (χ0v) is 13.7. The fourth-order valence-corrected chi connectivity index (χ4v) is 1.46. The van der Waals surface area contributed by atoms with E-state index in [0.29, 0.717) is 11.1 Å². The minimum Gasteiger partial charge on any atom is -0.609 e. The molecule has 23 heavy (non-hydrogen) atoms. The van der Waals surface area contributed by atoms with Gasteiger partial charge < -0.3 is 19.7 Å². The molecule has 0 saturated heterocycles. The van der Waals surface area contributed by atoms with Gasteiger partial charge in [-0.1, -0.05) is 60.8 Å². The number of ether oxygens (including phenoxy) is 2. The number of rotatable bonds is 6. The first-order valence-electron chi connectivity index (χ1n) is 6.68. The molecule has 0 aromatic rings. The predicted octanol–water partition coefficient (Wildman–Crippen LogP) is 1.77. The molecule has 2 aliphatic carbocycles. The molecule has 0 amide bonds. The first kappa shape index (κ1) is 20.6. The Morgan fingerprint density at radius 1 is 0.783 bits per heavy atom. The van der Waals surface area contributed by atoms with Crippen molar-refractivity contribution in [3.8, 4) is 0 Å². The minimum atomic E-state index is -0.296. The van der Waals surface area contributed by atoms with E-state index in [1.54, 1.807) is 60.8 Å². The van der Waals surface area contributed by atoms with Crippen LogP contribution in [-0.4, -0.2) is 13.2 Å². The van der Waals surface area contributed by atoms with Crippen molar-refractivity contribution < 1.29 is 36.8 Å². The molecule has 0 saturated carbocycles. The summed E-state index contributed by atoms with van der Waals surface area (Å²) in [5, 5.41) is 22.0. The van der Waals surface area contributed by atoms with E-state index in [1.165, 1.54) is 0 Å². The Bertz CT molecular complexity index is 498. The van der Waals surface area contributed by atoms with Crippen LogP contribution >= 0.6 is 0 Å². The topological polar surface area (TPSA) is 64.6 Å². The van der Waals surface area contributed by atoms with Gasteiger partial charge in [-0.15, -0.1) is 13.2 Å². The van der Waals surface area contributed by atoms with Gasteiger partial charge in [-0.25, -0.2) is 0 Å². The molecule has 5 heteroatoms. The predicted molar refractivity (Wildman–Crippen MR) is 82.9 cm³/mol. The third kappa shape index (κ3) is 8.00. The standard InChI is InChI=1S/2C9H10O2.Fe/c2*1-2-7-11-9(10)8-5-3-4-6-8;/h2*2-6,10H,1,7H2;/q;;+2/p-2. The largest absolute Gasteiger partial charge is 2.00 e. The molecule has 0 spiro atoms. The Labute approximate surface area is 147 Å². The van der Waals surface area contributed by atoms with Gasteiger partial charge in [0.2, 0.25) is 0 Å². The maximum atomic E-state index is 11.0. The van der Waals surface area contributed by atoms with Crippen molar-refractivity contribution in [2.75, 3.05) is 13.2 Å². The normalized spacial score (nSPS) is 13.0. The monoisotopic (exact) mass is 354 g/mol. The molecule has 0 N–H and O–H groups in total. The summed E-state index contributed by atoms with van der Waals surface area (Å²) in [6.07, 6.45) is 17.1. The summed E-state index contributed by atoms with van der Waals surface area (Å²) in [6, 6.07) is 0. The maximum Gasteiger partial charge on any atom is 2.00 e. The Morgan fingerprint density at radius 2 is 1.09 bits per heavy atom. The Morgan fingerprint density at radius 3 is 1.35 bits per heavy atom. The zero-order valence-electron chi connectivity index (χ0n) is 12.6. The molecule has 0 heterocycles. The molecule has 0 aromatic heterocycles. The fourth-order valence-electron chi connectivity index (χ4n) is 1.46. The third-order valence-corrected chi connectivity index (χ3v) is 2.46. The van der Waals surface area contributed by atoms with E-state index in [-0.39, 0.29) is 42.2 Å². The van der Waals surface area contributed by atoms with Crippen LogP contribution in [0.25, 0.3) is 0 Å². The third-order valence-electron chi connectivity index (χ3n) is 2.46. The molecule has 0 fully saturated rings. The molecule has 0 atom stereocenters. The summed E-state index contributed by atoms with van der Waals surface area (Å²) in [5.74, 6) is -0.593. The fraction of sp³-hybridized carbons (Fsp3) is 0.111. The molecule has 0 unspecified atom stereocenters. The summed E-state index contributed by atoms with van der Waals surface area (Å²) >= 11 is 0. The van der Waals surface area contributed by atoms with Crippen molar-refractivity contribution in [1.29, 1.82) is 0 Å². The molecule has 4 nitrogen and oxygen atoms in total. The molecule has 0 radical (unpaired) electrons. The van der Waals surface area contributed by atoms with Gasteiger partial charge in [-0.2, -0.15) is 0 Å². The average molecular weight is 354 g/mol. The van der Waals surface area contributed by atoms with Crippen LogP contribution < -0.4 is 10.2 Å². The Balaban J connectivity index is 0.000000403. The van der Waals surface area contributed by atoms with Gasteiger partial charge in [-0.3, -0.25) is 0 Å². The van der Waals surface area contributed by atoms with E-state index in [2.05, 4.69) is 13.2 Å². The van der Waals surface area contributed by atoms with Crippen molar-refractivity contribution in [2.24, 2.45) is 0 Å². The van der Waals surface area contributed by atoms with Gasteiger partial charge in [0.15, 0.2) is 0 Å². The van der Waals surface area contributed by atoms with Gasteiger partial charge >= 0.3 is 17.1 Å². The second-order valence-electron chi connectivity index (χ2n) is 4.12. The van der Waals surface area contributed by atoms with E-state index < -0.39 is 0 Å². The van der Waals surface area contributed by atoms with Crippen molar-refractivity contribution in [3.63, 3.8) is 0 Å². The van der Waals surface area contributed by atoms with Gasteiger partial charge in [0.05, 0.1) is 11.9 Å². The van der Waals surface area contributed by atoms with Crippen LogP contribution in [0.2, 0.25) is 0 Å². The summed E-state index contributed by atoms with van der Waals surface area (Å²) in [5.41, 5.74) is 1.18. The Hall–Kier alpha value is -2.36. The molecule has 2 rings (SSSR count). The smallest absolute Gasteiger partial charge is 0.609 e. The molecule has 0 aliphatic heterocycles. The summed E-state index contributed by atoms with van der Waals surface area (Å²) in [6.45, 7) is 7.41. The van der Waals surface area contributed by atoms with Gasteiger partial charge in [-0.05, 0) is 11.1 Å². The van der Waals surface area contributed by atoms with E-state index in [0.717, 1.165) is 0 Å². The van der Waals surface area contributed by atoms with E-state index in [4.69, 9.17) is 9.47 Å². The molecule has 2 aliphatic rings. The number of allylic oxidation sites excluding steroid dienone is 10. The summed E-state index contributed by atoms with van der Waals surface area (Å²) < 4.78 is 9.56. The second kappa shape index (κ2) is 12.2. The van der Waals surface area contributed by atoms with Crippen LogP contribution in [0.1, 0.15) is 0 Å². The molecular weight excluding hydrogens is 336 g/mol. The zero-order chi connectivity index (χ0) is 16.2. The average Bonchev–Trinajstić information content (AvgIpc) is 3.23. The summed E-state index contributed by atoms with van der Waals surface area (Å²) in [4.78, 5) is 0. The van der Waals surface area contributed by atoms with Crippen LogP contribution in [0, 0.1) is 0 Å². The van der Waals surface area contributed by atoms with Crippen molar-refractivity contribution in [1.82, 2.24) is 0 Å². The Kier molecular flexibility index (Phi) is 11.0. The number of hydrogen-bond donors (Lipinski definition) is 0. The second-order valence-corrected chi connectivity index (χ2v) is 4.12. The number of hydrogen-bond acceptors (Lipinski definition) is 4. The SMILES string of the molecule is C=CCOC([O-])=C1C=CC=C1.C=CCOC([O-])=C1C=CC=C1.[Fe+2]. The molecule has 122 valence electrons. The first-order chi connectivity index (χ1) is 10.7. The van der Waals surface area contributed by atoms with Crippen LogP contribution in [0.5, 0.6) is 0 Å². The maximum absolute atomic E-state index is 11.0. The van der Waals surface area contributed by atoms with E-state index >= 15 is 0 Å². The molecular formula is C18H18FeO4. The quantitative estimate of drug-likeness (QED) is 0.414. The van der Waals surface area contributed by atoms with Crippen LogP contribution in [-0.2, 0) is 26.5 Å². The van der Waals surface area contributed by atoms with Crippen LogP contribution in [0.4, 0.5) is 0 Å². The van der Waals surface area contributed by atoms with Crippen LogP contribution in [0.15, 0.2) is 97.0 Å². The van der Waals surface area contributed by atoms with Crippen molar-refractivity contribution in [2.45, 2.75) is 0 Å². The van der Waals surface area contributed by atoms with Crippen molar-refractivity contribution >= 4 is 0 Å². The minimum absolute atomic E-state index is 0. The van der Waals surface area contributed by atoms with Gasteiger partial charge in [0.1, 0.15) is 0 Å². The molecule has 0 bridgehead atoms. The molecule has 0 aromatic carbocycles. The van der Waals surface area contributed by atoms with E-state index in [1.807, 2.05) is 0 Å².